The van der Waals surface area contributed by atoms with Gasteiger partial charge in [0.05, 0.1) is 0 Å². The maximum Gasteiger partial charge on any atom is 0.275 e. The molecule has 126 valence electrons. The van der Waals surface area contributed by atoms with Gasteiger partial charge in [-0.05, 0) is 37.1 Å². The van der Waals surface area contributed by atoms with Crippen molar-refractivity contribution >= 4 is 35.9 Å². The smallest absolute Gasteiger partial charge is 0.275 e. The number of guanidine groups is 2. The van der Waals surface area contributed by atoms with Crippen LogP contribution in [0.1, 0.15) is 25.0 Å². The zero-order chi connectivity index (χ0) is 18.3. The Hall–Kier alpha value is -3.42. The van der Waals surface area contributed by atoms with Gasteiger partial charge in [-0.15, -0.1) is 0 Å². The Morgan fingerprint density at radius 3 is 1.29 bits per heavy atom. The number of carbonyl (C=O) groups is 2. The van der Waals surface area contributed by atoms with Crippen molar-refractivity contribution in [3.05, 3.63) is 46.5 Å². The molecule has 0 unspecified atom stereocenters. The van der Waals surface area contributed by atoms with E-state index in [1.165, 1.54) is 0 Å². The number of hydrogen-bond acceptors (Lipinski definition) is 2. The number of benzene rings is 1. The Labute approximate surface area is 139 Å². The molecule has 0 aliphatic heterocycles. The first-order valence-electron chi connectivity index (χ1n) is 6.93. The Balaban J connectivity index is 2.94. The highest BCUT2D eigenvalue weighted by Gasteiger charge is 2.04. The molecule has 0 aliphatic carbocycles. The van der Waals surface area contributed by atoms with Crippen LogP contribution in [-0.2, 0) is 9.59 Å². The summed E-state index contributed by atoms with van der Waals surface area (Å²) in [5.74, 6) is -1.57. The second kappa shape index (κ2) is 8.28. The second-order valence-corrected chi connectivity index (χ2v) is 5.01. The number of hydrogen-bond donors (Lipinski definition) is 4. The van der Waals surface area contributed by atoms with Gasteiger partial charge in [0.1, 0.15) is 0 Å². The molecule has 0 atom stereocenters. The minimum absolute atomic E-state index is 0.283. The summed E-state index contributed by atoms with van der Waals surface area (Å²) in [5, 5.41) is 0. The molecule has 0 spiro atoms. The van der Waals surface area contributed by atoms with Crippen LogP contribution in [-0.4, -0.2) is 23.7 Å². The molecule has 8 heteroatoms. The minimum atomic E-state index is -0.502. The highest BCUT2D eigenvalue weighted by Crippen LogP contribution is 2.13. The van der Waals surface area contributed by atoms with Gasteiger partial charge >= 0.3 is 0 Å². The van der Waals surface area contributed by atoms with Crippen LogP contribution in [0.15, 0.2) is 45.4 Å². The summed E-state index contributed by atoms with van der Waals surface area (Å²) in [6.07, 6.45) is 3.30. The molecule has 0 saturated heterocycles. The SMILES string of the molecule is C/C(=C\c1ccc(/C=C(\C)C(=O)N=C(N)N)cc1)C(=O)N=C(N)N. The van der Waals surface area contributed by atoms with Crippen LogP contribution in [0, 0.1) is 0 Å². The molecular weight excluding hydrogens is 308 g/mol. The molecule has 24 heavy (non-hydrogen) atoms. The van der Waals surface area contributed by atoms with E-state index in [2.05, 4.69) is 9.98 Å². The van der Waals surface area contributed by atoms with E-state index < -0.39 is 11.8 Å². The predicted molar refractivity (Wildman–Crippen MR) is 95.4 cm³/mol. The first-order valence-corrected chi connectivity index (χ1v) is 6.93. The van der Waals surface area contributed by atoms with Gasteiger partial charge in [-0.3, -0.25) is 9.59 Å². The molecule has 0 aliphatic rings. The lowest BCUT2D eigenvalue weighted by Crippen LogP contribution is -2.24. The van der Waals surface area contributed by atoms with Gasteiger partial charge in [0.15, 0.2) is 11.9 Å². The average molecular weight is 328 g/mol. The summed E-state index contributed by atoms with van der Waals surface area (Å²) in [6.45, 7) is 3.22. The van der Waals surface area contributed by atoms with Crippen molar-refractivity contribution in [3.8, 4) is 0 Å². The normalized spacial score (nSPS) is 11.6. The van der Waals surface area contributed by atoms with Crippen LogP contribution < -0.4 is 22.9 Å². The fraction of sp³-hybridized carbons (Fsp3) is 0.125. The van der Waals surface area contributed by atoms with Gasteiger partial charge in [0, 0.05) is 11.1 Å². The zero-order valence-corrected chi connectivity index (χ0v) is 13.5. The van der Waals surface area contributed by atoms with E-state index in [4.69, 9.17) is 22.9 Å². The first-order chi connectivity index (χ1) is 11.2. The van der Waals surface area contributed by atoms with E-state index in [1.54, 1.807) is 50.3 Å². The van der Waals surface area contributed by atoms with Gasteiger partial charge < -0.3 is 22.9 Å². The Morgan fingerprint density at radius 1 is 0.750 bits per heavy atom. The maximum absolute atomic E-state index is 11.6. The summed E-state index contributed by atoms with van der Waals surface area (Å²) < 4.78 is 0. The van der Waals surface area contributed by atoms with Crippen molar-refractivity contribution < 1.29 is 9.59 Å². The monoisotopic (exact) mass is 328 g/mol. The number of aliphatic imine (C=N–C) groups is 2. The van der Waals surface area contributed by atoms with E-state index in [9.17, 15) is 9.59 Å². The van der Waals surface area contributed by atoms with Crippen molar-refractivity contribution in [1.82, 2.24) is 0 Å². The number of rotatable bonds is 4. The van der Waals surface area contributed by atoms with Crippen LogP contribution in [0.25, 0.3) is 12.2 Å². The summed E-state index contributed by atoms with van der Waals surface area (Å²) >= 11 is 0. The Morgan fingerprint density at radius 2 is 1.04 bits per heavy atom. The van der Waals surface area contributed by atoms with E-state index in [-0.39, 0.29) is 11.9 Å². The van der Waals surface area contributed by atoms with Crippen LogP contribution in [0.4, 0.5) is 0 Å². The fourth-order valence-electron chi connectivity index (χ4n) is 1.72. The summed E-state index contributed by atoms with van der Waals surface area (Å²) in [5.41, 5.74) is 23.0. The van der Waals surface area contributed by atoms with Crippen LogP contribution in [0.5, 0.6) is 0 Å². The lowest BCUT2D eigenvalue weighted by molar-refractivity contribution is -0.115. The van der Waals surface area contributed by atoms with Crippen molar-refractivity contribution in [2.75, 3.05) is 0 Å². The molecular formula is C16H20N6O2. The largest absolute Gasteiger partial charge is 0.370 e. The number of amides is 2. The van der Waals surface area contributed by atoms with E-state index in [0.29, 0.717) is 11.1 Å². The number of carbonyl (C=O) groups excluding carboxylic acids is 2. The standard InChI is InChI=1S/C16H20N6O2/c1-9(13(23)21-15(17)18)7-11-3-5-12(6-4-11)8-10(2)14(24)22-16(19)20/h3-8H,1-2H3,(H4,17,18,21,23)(H4,19,20,22,24)/b9-7+,10-8+. The molecule has 1 rings (SSSR count). The van der Waals surface area contributed by atoms with Crippen molar-refractivity contribution in [3.63, 3.8) is 0 Å². The molecule has 1 aromatic rings. The number of nitrogens with two attached hydrogens (primary N) is 4. The Bertz CT molecular complexity index is 684. The zero-order valence-electron chi connectivity index (χ0n) is 13.5. The fourth-order valence-corrected chi connectivity index (χ4v) is 1.72. The van der Waals surface area contributed by atoms with E-state index in [0.717, 1.165) is 11.1 Å². The molecule has 0 aromatic heterocycles. The quantitative estimate of drug-likeness (QED) is 0.348. The van der Waals surface area contributed by atoms with Gasteiger partial charge in [0.25, 0.3) is 11.8 Å². The van der Waals surface area contributed by atoms with Gasteiger partial charge in [0.2, 0.25) is 0 Å². The minimum Gasteiger partial charge on any atom is -0.370 e. The highest BCUT2D eigenvalue weighted by molar-refractivity contribution is 6.04. The predicted octanol–water partition coefficient (Wildman–Crippen LogP) is 0.0932. The summed E-state index contributed by atoms with van der Waals surface area (Å²) in [7, 11) is 0. The molecule has 8 N–H and O–H groups in total. The molecule has 0 heterocycles. The third-order valence-electron chi connectivity index (χ3n) is 2.84. The Kier molecular flexibility index (Phi) is 6.42. The van der Waals surface area contributed by atoms with Crippen molar-refractivity contribution in [1.29, 1.82) is 0 Å². The third-order valence-corrected chi connectivity index (χ3v) is 2.84. The summed E-state index contributed by atoms with van der Waals surface area (Å²) in [6, 6.07) is 7.15. The molecule has 8 nitrogen and oxygen atoms in total. The molecule has 0 radical (unpaired) electrons. The molecule has 2 amide bonds. The first kappa shape index (κ1) is 18.6. The van der Waals surface area contributed by atoms with Crippen LogP contribution in [0.2, 0.25) is 0 Å². The lowest BCUT2D eigenvalue weighted by atomic mass is 10.1. The van der Waals surface area contributed by atoms with Crippen molar-refractivity contribution in [2.45, 2.75) is 13.8 Å². The third kappa shape index (κ3) is 6.14. The molecule has 1 aromatic carbocycles. The van der Waals surface area contributed by atoms with Gasteiger partial charge in [-0.2, -0.15) is 9.98 Å². The molecule has 0 fully saturated rings. The van der Waals surface area contributed by atoms with Crippen molar-refractivity contribution in [2.24, 2.45) is 32.9 Å². The molecule has 0 bridgehead atoms. The topological polar surface area (TPSA) is 163 Å². The van der Waals surface area contributed by atoms with E-state index in [1.807, 2.05) is 0 Å². The van der Waals surface area contributed by atoms with Gasteiger partial charge in [-0.25, -0.2) is 0 Å². The average Bonchev–Trinajstić information content (AvgIpc) is 2.47. The molecule has 0 saturated carbocycles. The van der Waals surface area contributed by atoms with Crippen LogP contribution >= 0.6 is 0 Å². The number of nitrogens with zero attached hydrogens (tertiary/aromatic N) is 2. The lowest BCUT2D eigenvalue weighted by Gasteiger charge is -2.00. The highest BCUT2D eigenvalue weighted by atomic mass is 16.2. The van der Waals surface area contributed by atoms with Gasteiger partial charge in [-0.1, -0.05) is 24.3 Å². The van der Waals surface area contributed by atoms with Crippen LogP contribution in [0.3, 0.4) is 0 Å². The summed E-state index contributed by atoms with van der Waals surface area (Å²) in [4.78, 5) is 30.2. The van der Waals surface area contributed by atoms with E-state index >= 15 is 0 Å². The maximum atomic E-state index is 11.6. The second-order valence-electron chi connectivity index (χ2n) is 5.01.